The first-order valence-electron chi connectivity index (χ1n) is 15.5. The van der Waals surface area contributed by atoms with Gasteiger partial charge in [-0.1, -0.05) is 67.1 Å². The van der Waals surface area contributed by atoms with E-state index in [9.17, 15) is 24.9 Å². The number of aliphatic hydroxyl groups is 3. The van der Waals surface area contributed by atoms with Crippen molar-refractivity contribution in [3.8, 4) is 0 Å². The van der Waals surface area contributed by atoms with Crippen LogP contribution in [-0.2, 0) is 25.5 Å². The van der Waals surface area contributed by atoms with Gasteiger partial charge >= 0.3 is 0 Å². The van der Waals surface area contributed by atoms with E-state index in [0.29, 0.717) is 0 Å². The second-order valence-electron chi connectivity index (χ2n) is 13.9. The SMILES string of the molecule is Cc1cccc(Cc2ccc([C@@H]3O[C@@H]4C[C@H]5[C@@H]6C[C@@H](O)C7=CC(=O)C=C[C@]7(C)[C@@]6(F)[C@@H](O)C[C@]5(C)[C@]4(C(=O)CO)O3)cc2)c1. The number of carbonyl (C=O) groups excluding carboxylic acids is 2. The summed E-state index contributed by atoms with van der Waals surface area (Å²) in [7, 11) is 0. The van der Waals surface area contributed by atoms with Crippen LogP contribution in [0.15, 0.2) is 72.3 Å². The van der Waals surface area contributed by atoms with Crippen LogP contribution in [0.3, 0.4) is 0 Å². The second-order valence-corrected chi connectivity index (χ2v) is 13.9. The molecule has 0 spiro atoms. The summed E-state index contributed by atoms with van der Waals surface area (Å²) in [4.78, 5) is 25.9. The highest BCUT2D eigenvalue weighted by molar-refractivity contribution is 6.01. The van der Waals surface area contributed by atoms with Crippen LogP contribution in [-0.4, -0.2) is 63.1 Å². The summed E-state index contributed by atoms with van der Waals surface area (Å²) >= 11 is 0. The van der Waals surface area contributed by atoms with Gasteiger partial charge in [0.25, 0.3) is 0 Å². The van der Waals surface area contributed by atoms with Crippen LogP contribution in [0.1, 0.15) is 61.7 Å². The van der Waals surface area contributed by atoms with Gasteiger partial charge in [0.15, 0.2) is 29.1 Å². The van der Waals surface area contributed by atoms with Crippen molar-refractivity contribution in [2.45, 2.75) is 82.3 Å². The number of allylic oxidation sites excluding steroid dienone is 3. The van der Waals surface area contributed by atoms with Crippen molar-refractivity contribution in [3.05, 3.63) is 94.6 Å². The highest BCUT2D eigenvalue weighted by atomic mass is 19.1. The van der Waals surface area contributed by atoms with Crippen molar-refractivity contribution in [3.63, 3.8) is 0 Å². The Morgan fingerprint density at radius 1 is 1.05 bits per heavy atom. The first kappa shape index (κ1) is 29.7. The Hall–Kier alpha value is -3.01. The Morgan fingerprint density at radius 3 is 2.50 bits per heavy atom. The van der Waals surface area contributed by atoms with Gasteiger partial charge in [-0.2, -0.15) is 0 Å². The smallest absolute Gasteiger partial charge is 0.193 e. The van der Waals surface area contributed by atoms with Gasteiger partial charge in [-0.15, -0.1) is 0 Å². The minimum atomic E-state index is -2.20. The molecule has 7 rings (SSSR count). The molecule has 0 unspecified atom stereocenters. The molecule has 232 valence electrons. The van der Waals surface area contributed by atoms with Crippen LogP contribution < -0.4 is 0 Å². The van der Waals surface area contributed by atoms with Crippen molar-refractivity contribution < 1.29 is 38.8 Å². The zero-order valence-electron chi connectivity index (χ0n) is 25.2. The minimum absolute atomic E-state index is 0.0156. The van der Waals surface area contributed by atoms with E-state index in [4.69, 9.17) is 9.47 Å². The number of hydrogen-bond acceptors (Lipinski definition) is 7. The van der Waals surface area contributed by atoms with Gasteiger partial charge in [0, 0.05) is 22.3 Å². The molecule has 10 atom stereocenters. The number of aryl methyl sites for hydroxylation is 1. The van der Waals surface area contributed by atoms with Crippen LogP contribution in [0.25, 0.3) is 0 Å². The molecule has 44 heavy (non-hydrogen) atoms. The molecule has 0 amide bonds. The van der Waals surface area contributed by atoms with Crippen molar-refractivity contribution in [2.75, 3.05) is 6.61 Å². The maximum Gasteiger partial charge on any atom is 0.193 e. The van der Waals surface area contributed by atoms with E-state index in [1.165, 1.54) is 29.4 Å². The zero-order chi connectivity index (χ0) is 31.2. The first-order valence-corrected chi connectivity index (χ1v) is 15.5. The van der Waals surface area contributed by atoms with Crippen LogP contribution in [0.5, 0.6) is 0 Å². The molecule has 4 aliphatic carbocycles. The average Bonchev–Trinajstić information content (AvgIpc) is 3.49. The average molecular weight is 603 g/mol. The third kappa shape index (κ3) is 3.84. The molecule has 0 aromatic heterocycles. The molecule has 8 heteroatoms. The lowest BCUT2D eigenvalue weighted by Gasteiger charge is -2.63. The predicted molar refractivity (Wildman–Crippen MR) is 159 cm³/mol. The minimum Gasteiger partial charge on any atom is -0.390 e. The number of ketones is 2. The molecule has 1 heterocycles. The Labute approximate surface area is 256 Å². The first-order chi connectivity index (χ1) is 20.9. The van der Waals surface area contributed by atoms with E-state index < -0.39 is 70.9 Å². The quantitative estimate of drug-likeness (QED) is 0.469. The molecule has 0 bridgehead atoms. The Morgan fingerprint density at radius 2 is 1.80 bits per heavy atom. The number of Topliss-reactive ketones (excluding diaryl/α,β-unsaturated/α-hetero) is 1. The van der Waals surface area contributed by atoms with Gasteiger partial charge in [-0.25, -0.2) is 4.39 Å². The van der Waals surface area contributed by atoms with Gasteiger partial charge < -0.3 is 24.8 Å². The van der Waals surface area contributed by atoms with Crippen LogP contribution in [0, 0.1) is 29.6 Å². The normalized spacial score (nSPS) is 42.2. The maximum absolute atomic E-state index is 17.6. The van der Waals surface area contributed by atoms with Gasteiger partial charge in [0.1, 0.15) is 6.61 Å². The number of rotatable bonds is 5. The fourth-order valence-corrected chi connectivity index (χ4v) is 9.61. The molecule has 4 fully saturated rings. The summed E-state index contributed by atoms with van der Waals surface area (Å²) in [6, 6.07) is 16.2. The van der Waals surface area contributed by atoms with Crippen LogP contribution >= 0.6 is 0 Å². The lowest BCUT2D eigenvalue weighted by atomic mass is 9.44. The van der Waals surface area contributed by atoms with E-state index in [2.05, 4.69) is 25.1 Å². The summed E-state index contributed by atoms with van der Waals surface area (Å²) in [5.74, 6) is -2.25. The third-order valence-corrected chi connectivity index (χ3v) is 11.7. The lowest BCUT2D eigenvalue weighted by Crippen LogP contribution is -2.71. The van der Waals surface area contributed by atoms with E-state index >= 15 is 4.39 Å². The number of fused-ring (bicyclic) bond motifs is 7. The van der Waals surface area contributed by atoms with Gasteiger partial charge in [-0.05, 0) is 74.3 Å². The number of benzene rings is 2. The molecule has 1 saturated heterocycles. The third-order valence-electron chi connectivity index (χ3n) is 11.7. The number of ether oxygens (including phenoxy) is 2. The van der Waals surface area contributed by atoms with E-state index in [1.807, 2.05) is 37.3 Å². The molecule has 3 N–H and O–H groups in total. The molecule has 2 aromatic rings. The fraction of sp³-hybridized carbons (Fsp3) is 0.500. The van der Waals surface area contributed by atoms with Crippen LogP contribution in [0.4, 0.5) is 4.39 Å². The predicted octanol–water partition coefficient (Wildman–Crippen LogP) is 4.25. The fourth-order valence-electron chi connectivity index (χ4n) is 9.61. The summed E-state index contributed by atoms with van der Waals surface area (Å²) in [5.41, 5.74) is -1.81. The molecule has 3 saturated carbocycles. The van der Waals surface area contributed by atoms with Gasteiger partial charge in [0.05, 0.1) is 18.3 Å². The number of alkyl halides is 1. The van der Waals surface area contributed by atoms with Crippen LogP contribution in [0.2, 0.25) is 0 Å². The highest BCUT2D eigenvalue weighted by Gasteiger charge is 2.79. The molecule has 2 aromatic carbocycles. The standard InChI is InChI=1S/C36H39FO7/c1-20-5-4-6-22(13-20)14-21-7-9-23(10-8-21)32-43-31-17-25-26-16-28(40)27-15-24(39)11-12-33(27,2)35(26,37)29(41)18-34(25,3)36(31,44-32)30(42)19-38/h4-13,15,25-26,28-29,31-32,38,40-41H,14,16-19H2,1-3H3/t25-,26-,28+,29-,31+,32+,33-,34-,35-,36+/m0/s1. The molecule has 1 aliphatic heterocycles. The van der Waals surface area contributed by atoms with Gasteiger partial charge in [0.2, 0.25) is 0 Å². The Balaban J connectivity index is 1.21. The Bertz CT molecular complexity index is 1580. The Kier molecular flexibility index (Phi) is 6.74. The molecular formula is C36H39FO7. The molecule has 0 radical (unpaired) electrons. The van der Waals surface area contributed by atoms with Crippen molar-refractivity contribution in [1.29, 1.82) is 0 Å². The highest BCUT2D eigenvalue weighted by Crippen LogP contribution is 2.72. The van der Waals surface area contributed by atoms with E-state index in [1.54, 1.807) is 6.92 Å². The number of carbonyl (C=O) groups is 2. The topological polar surface area (TPSA) is 113 Å². The maximum atomic E-state index is 17.6. The van der Waals surface area contributed by atoms with E-state index in [0.717, 1.165) is 17.5 Å². The molecule has 7 nitrogen and oxygen atoms in total. The van der Waals surface area contributed by atoms with E-state index in [-0.39, 0.29) is 30.6 Å². The summed E-state index contributed by atoms with van der Waals surface area (Å²) in [6.45, 7) is 4.72. The summed E-state index contributed by atoms with van der Waals surface area (Å²) < 4.78 is 30.7. The molecular weight excluding hydrogens is 563 g/mol. The summed E-state index contributed by atoms with van der Waals surface area (Å²) in [6.07, 6.45) is 0.667. The van der Waals surface area contributed by atoms with Gasteiger partial charge in [-0.3, -0.25) is 9.59 Å². The van der Waals surface area contributed by atoms with Crippen molar-refractivity contribution in [1.82, 2.24) is 0 Å². The summed E-state index contributed by atoms with van der Waals surface area (Å²) in [5, 5.41) is 33.1. The number of aliphatic hydroxyl groups excluding tert-OH is 3. The largest absolute Gasteiger partial charge is 0.390 e. The monoisotopic (exact) mass is 602 g/mol. The zero-order valence-corrected chi connectivity index (χ0v) is 25.2. The molecule has 5 aliphatic rings. The number of hydrogen-bond donors (Lipinski definition) is 3. The number of halogens is 1. The van der Waals surface area contributed by atoms with Crippen molar-refractivity contribution >= 4 is 11.6 Å². The lowest BCUT2D eigenvalue weighted by molar-refractivity contribution is -0.237. The second kappa shape index (κ2) is 9.99. The van der Waals surface area contributed by atoms with Crippen molar-refractivity contribution in [2.24, 2.45) is 22.7 Å².